The standard InChI is InChI=1S/C23H27BrN2O3S2/c24-21-10-11-22(30-21)31(28,29)25-16-17-6-8-20(9-7-17)23(27)26-14-12-19(13-15-26)18-4-2-1-3-5-18/h1-5,10-12,17,20,25H,6-9,13-16H2. The summed E-state index contributed by atoms with van der Waals surface area (Å²) < 4.78 is 28.7. The molecule has 0 saturated heterocycles. The van der Waals surface area contributed by atoms with Crippen LogP contribution < -0.4 is 4.72 Å². The fourth-order valence-corrected chi connectivity index (χ4v) is 7.57. The summed E-state index contributed by atoms with van der Waals surface area (Å²) in [6, 6.07) is 13.7. The molecule has 0 unspecified atom stereocenters. The van der Waals surface area contributed by atoms with Crippen molar-refractivity contribution >= 4 is 48.8 Å². The van der Waals surface area contributed by atoms with Crippen molar-refractivity contribution in [1.82, 2.24) is 9.62 Å². The molecule has 0 bridgehead atoms. The number of benzene rings is 1. The van der Waals surface area contributed by atoms with Crippen LogP contribution in [0.4, 0.5) is 0 Å². The van der Waals surface area contributed by atoms with E-state index in [0.717, 1.165) is 42.4 Å². The Morgan fingerprint density at radius 3 is 2.45 bits per heavy atom. The fourth-order valence-electron chi connectivity index (χ4n) is 4.40. The van der Waals surface area contributed by atoms with Gasteiger partial charge in [-0.25, -0.2) is 13.1 Å². The largest absolute Gasteiger partial charge is 0.338 e. The molecule has 166 valence electrons. The van der Waals surface area contributed by atoms with Crippen molar-refractivity contribution in [2.45, 2.75) is 36.3 Å². The van der Waals surface area contributed by atoms with Gasteiger partial charge in [0, 0.05) is 25.6 Å². The maximum absolute atomic E-state index is 13.0. The van der Waals surface area contributed by atoms with E-state index >= 15 is 0 Å². The number of nitrogens with one attached hydrogen (secondary N) is 1. The average Bonchev–Trinajstić information content (AvgIpc) is 3.26. The van der Waals surface area contributed by atoms with E-state index in [1.807, 2.05) is 23.1 Å². The van der Waals surface area contributed by atoms with E-state index in [4.69, 9.17) is 0 Å². The van der Waals surface area contributed by atoms with Gasteiger partial charge in [0.2, 0.25) is 15.9 Å². The molecule has 1 aromatic heterocycles. The molecule has 0 atom stereocenters. The Labute approximate surface area is 196 Å². The lowest BCUT2D eigenvalue weighted by atomic mass is 9.81. The molecule has 8 heteroatoms. The van der Waals surface area contributed by atoms with Gasteiger partial charge in [-0.3, -0.25) is 4.79 Å². The predicted molar refractivity (Wildman–Crippen MR) is 128 cm³/mol. The van der Waals surface area contributed by atoms with Crippen LogP contribution in [0.1, 0.15) is 37.7 Å². The Morgan fingerprint density at radius 2 is 1.84 bits per heavy atom. The smallest absolute Gasteiger partial charge is 0.250 e. The molecule has 5 nitrogen and oxygen atoms in total. The van der Waals surface area contributed by atoms with Gasteiger partial charge in [0.25, 0.3) is 0 Å². The Bertz CT molecular complexity index is 1040. The number of amides is 1. The molecule has 1 saturated carbocycles. The molecule has 2 heterocycles. The number of rotatable bonds is 6. The van der Waals surface area contributed by atoms with Gasteiger partial charge in [0.05, 0.1) is 3.79 Å². The summed E-state index contributed by atoms with van der Waals surface area (Å²) in [6.45, 7) is 1.89. The van der Waals surface area contributed by atoms with Crippen molar-refractivity contribution in [1.29, 1.82) is 0 Å². The molecule has 0 spiro atoms. The number of carbonyl (C=O) groups excluding carboxylic acids is 1. The minimum Gasteiger partial charge on any atom is -0.338 e. The van der Waals surface area contributed by atoms with Crippen LogP contribution in [0, 0.1) is 11.8 Å². The normalized spacial score (nSPS) is 22.2. The number of hydrogen-bond donors (Lipinski definition) is 1. The van der Waals surface area contributed by atoms with Crippen molar-refractivity contribution in [3.05, 3.63) is 57.9 Å². The number of sulfonamides is 1. The van der Waals surface area contributed by atoms with Gasteiger partial charge < -0.3 is 4.90 Å². The van der Waals surface area contributed by atoms with Crippen molar-refractivity contribution in [3.63, 3.8) is 0 Å². The Hall–Kier alpha value is -1.48. The molecule has 1 amide bonds. The van der Waals surface area contributed by atoms with Gasteiger partial charge >= 0.3 is 0 Å². The van der Waals surface area contributed by atoms with Crippen LogP contribution in [0.15, 0.2) is 56.5 Å². The summed E-state index contributed by atoms with van der Waals surface area (Å²) in [5, 5.41) is 0. The van der Waals surface area contributed by atoms with Crippen molar-refractivity contribution < 1.29 is 13.2 Å². The van der Waals surface area contributed by atoms with Gasteiger partial charge in [-0.05, 0) is 77.2 Å². The Kier molecular flexibility index (Phi) is 7.31. The van der Waals surface area contributed by atoms with E-state index in [0.29, 0.717) is 17.3 Å². The lowest BCUT2D eigenvalue weighted by molar-refractivity contribution is -0.136. The van der Waals surface area contributed by atoms with Crippen LogP contribution in [0.5, 0.6) is 0 Å². The molecule has 4 rings (SSSR count). The van der Waals surface area contributed by atoms with E-state index in [2.05, 4.69) is 38.9 Å². The molecule has 1 aliphatic heterocycles. The molecule has 1 N–H and O–H groups in total. The Balaban J connectivity index is 1.24. The lowest BCUT2D eigenvalue weighted by Crippen LogP contribution is -2.41. The predicted octanol–water partition coefficient (Wildman–Crippen LogP) is 4.91. The second kappa shape index (κ2) is 9.98. The molecule has 1 aromatic carbocycles. The second-order valence-electron chi connectivity index (χ2n) is 8.26. The molecule has 2 aliphatic rings. The zero-order valence-corrected chi connectivity index (χ0v) is 20.5. The van der Waals surface area contributed by atoms with E-state index in [1.54, 1.807) is 12.1 Å². The quantitative estimate of drug-likeness (QED) is 0.585. The second-order valence-corrected chi connectivity index (χ2v) is 12.7. The highest BCUT2D eigenvalue weighted by molar-refractivity contribution is 9.11. The number of carbonyl (C=O) groups is 1. The van der Waals surface area contributed by atoms with Crippen LogP contribution >= 0.6 is 27.3 Å². The summed E-state index contributed by atoms with van der Waals surface area (Å²) in [5.74, 6) is 0.603. The first-order valence-electron chi connectivity index (χ1n) is 10.7. The van der Waals surface area contributed by atoms with Crippen LogP contribution in [-0.2, 0) is 14.8 Å². The third-order valence-electron chi connectivity index (χ3n) is 6.24. The molecule has 0 radical (unpaired) electrons. The highest BCUT2D eigenvalue weighted by atomic mass is 79.9. The van der Waals surface area contributed by atoms with Crippen LogP contribution in [0.2, 0.25) is 0 Å². The van der Waals surface area contributed by atoms with Gasteiger partial charge in [-0.15, -0.1) is 11.3 Å². The highest BCUT2D eigenvalue weighted by Gasteiger charge is 2.31. The monoisotopic (exact) mass is 522 g/mol. The summed E-state index contributed by atoms with van der Waals surface area (Å²) in [6.07, 6.45) is 6.51. The number of hydrogen-bond acceptors (Lipinski definition) is 4. The summed E-state index contributed by atoms with van der Waals surface area (Å²) in [4.78, 5) is 15.0. The molecular weight excluding hydrogens is 496 g/mol. The number of halogens is 1. The molecule has 1 aliphatic carbocycles. The topological polar surface area (TPSA) is 66.5 Å². The van der Waals surface area contributed by atoms with E-state index in [9.17, 15) is 13.2 Å². The first kappa shape index (κ1) is 22.7. The fraction of sp³-hybridized carbons (Fsp3) is 0.435. The van der Waals surface area contributed by atoms with Crippen molar-refractivity contribution in [2.24, 2.45) is 11.8 Å². The summed E-state index contributed by atoms with van der Waals surface area (Å²) in [5.41, 5.74) is 2.56. The number of nitrogens with zero attached hydrogens (tertiary/aromatic N) is 1. The zero-order chi connectivity index (χ0) is 21.8. The van der Waals surface area contributed by atoms with E-state index < -0.39 is 10.0 Å². The van der Waals surface area contributed by atoms with Gasteiger partial charge in [-0.1, -0.05) is 36.4 Å². The third-order valence-corrected chi connectivity index (χ3v) is 9.78. The first-order valence-corrected chi connectivity index (χ1v) is 13.8. The number of thiophene rings is 1. The minimum atomic E-state index is -3.46. The molecular formula is C23H27BrN2O3S2. The maximum atomic E-state index is 13.0. The SMILES string of the molecule is O=C(C1CCC(CNS(=O)(=O)c2ccc(Br)s2)CC1)N1CC=C(c2ccccc2)CC1. The molecule has 2 aromatic rings. The Morgan fingerprint density at radius 1 is 1.10 bits per heavy atom. The lowest BCUT2D eigenvalue weighted by Gasteiger charge is -2.33. The van der Waals surface area contributed by atoms with Gasteiger partial charge in [0.1, 0.15) is 4.21 Å². The van der Waals surface area contributed by atoms with Gasteiger partial charge in [-0.2, -0.15) is 0 Å². The summed E-state index contributed by atoms with van der Waals surface area (Å²) >= 11 is 4.52. The van der Waals surface area contributed by atoms with Crippen LogP contribution in [-0.4, -0.2) is 38.9 Å². The van der Waals surface area contributed by atoms with E-state index in [-0.39, 0.29) is 17.7 Å². The van der Waals surface area contributed by atoms with Crippen molar-refractivity contribution in [2.75, 3.05) is 19.6 Å². The molecule has 31 heavy (non-hydrogen) atoms. The van der Waals surface area contributed by atoms with E-state index in [1.165, 1.54) is 22.5 Å². The van der Waals surface area contributed by atoms with Crippen LogP contribution in [0.3, 0.4) is 0 Å². The minimum absolute atomic E-state index is 0.0628. The highest BCUT2D eigenvalue weighted by Crippen LogP contribution is 2.32. The first-order chi connectivity index (χ1) is 14.9. The average molecular weight is 524 g/mol. The molecule has 1 fully saturated rings. The van der Waals surface area contributed by atoms with Crippen LogP contribution in [0.25, 0.3) is 5.57 Å². The third kappa shape index (κ3) is 5.66. The van der Waals surface area contributed by atoms with Gasteiger partial charge in [0.15, 0.2) is 0 Å². The zero-order valence-electron chi connectivity index (χ0n) is 17.3. The summed E-state index contributed by atoms with van der Waals surface area (Å²) in [7, 11) is -3.46. The van der Waals surface area contributed by atoms with Crippen molar-refractivity contribution in [3.8, 4) is 0 Å². The maximum Gasteiger partial charge on any atom is 0.250 e.